The number of benzene rings is 3. The van der Waals surface area contributed by atoms with E-state index in [0.717, 1.165) is 16.9 Å². The number of nitro groups is 1. The molecule has 0 amide bonds. The Hall–Kier alpha value is -5.58. The molecule has 11 nitrogen and oxygen atoms in total. The number of hydrazone groups is 1. The average Bonchev–Trinajstić information content (AvgIpc) is 3.38. The van der Waals surface area contributed by atoms with Crippen molar-refractivity contribution in [2.75, 3.05) is 16.1 Å². The lowest BCUT2D eigenvalue weighted by Gasteiger charge is -2.10. The van der Waals surface area contributed by atoms with Gasteiger partial charge in [-0.05, 0) is 55.5 Å². The van der Waals surface area contributed by atoms with E-state index in [1.165, 1.54) is 12.3 Å². The van der Waals surface area contributed by atoms with Crippen LogP contribution in [0.4, 0.5) is 34.9 Å². The van der Waals surface area contributed by atoms with Crippen molar-refractivity contribution in [3.05, 3.63) is 112 Å². The van der Waals surface area contributed by atoms with Gasteiger partial charge in [-0.1, -0.05) is 36.4 Å². The van der Waals surface area contributed by atoms with Gasteiger partial charge in [0, 0.05) is 28.6 Å². The van der Waals surface area contributed by atoms with Crippen LogP contribution >= 0.6 is 0 Å². The van der Waals surface area contributed by atoms with E-state index < -0.39 is 4.92 Å². The lowest BCUT2D eigenvalue weighted by Crippen LogP contribution is -2.07. The minimum Gasteiger partial charge on any atom is -0.455 e. The molecule has 5 rings (SSSR count). The van der Waals surface area contributed by atoms with E-state index in [1.54, 1.807) is 31.2 Å². The number of hydrogen-bond donors (Lipinski definition) is 3. The molecule has 2 heterocycles. The third-order valence-corrected chi connectivity index (χ3v) is 5.36. The van der Waals surface area contributed by atoms with Crippen LogP contribution in [0.15, 0.2) is 101 Å². The Labute approximate surface area is 217 Å². The molecular weight excluding hydrogens is 484 g/mol. The van der Waals surface area contributed by atoms with Crippen LogP contribution in [-0.2, 0) is 0 Å². The van der Waals surface area contributed by atoms with Crippen molar-refractivity contribution in [2.45, 2.75) is 6.92 Å². The summed E-state index contributed by atoms with van der Waals surface area (Å²) in [6, 6.07) is 27.4. The van der Waals surface area contributed by atoms with Crippen LogP contribution in [-0.4, -0.2) is 26.1 Å². The maximum atomic E-state index is 11.1. The number of hydrogen-bond acceptors (Lipinski definition) is 10. The minimum absolute atomic E-state index is 0.0610. The molecule has 0 fully saturated rings. The van der Waals surface area contributed by atoms with Gasteiger partial charge in [-0.2, -0.15) is 20.1 Å². The second kappa shape index (κ2) is 11.0. The summed E-state index contributed by atoms with van der Waals surface area (Å²) in [7, 11) is 0. The number of nitrogens with zero attached hydrogens (tertiary/aromatic N) is 5. The highest BCUT2D eigenvalue weighted by molar-refractivity contribution is 5.78. The van der Waals surface area contributed by atoms with Gasteiger partial charge < -0.3 is 15.1 Å². The van der Waals surface area contributed by atoms with Crippen LogP contribution < -0.4 is 16.1 Å². The van der Waals surface area contributed by atoms with E-state index >= 15 is 0 Å². The van der Waals surface area contributed by atoms with Gasteiger partial charge in [-0.3, -0.25) is 10.1 Å². The maximum Gasteiger partial charge on any atom is 0.272 e. The van der Waals surface area contributed by atoms with Gasteiger partial charge in [-0.25, -0.2) is 5.43 Å². The van der Waals surface area contributed by atoms with Crippen molar-refractivity contribution in [1.82, 2.24) is 15.0 Å². The van der Waals surface area contributed by atoms with E-state index in [0.29, 0.717) is 29.0 Å². The number of nitro benzene ring substituents is 1. The van der Waals surface area contributed by atoms with Crippen molar-refractivity contribution >= 4 is 41.1 Å². The molecule has 0 atom stereocenters. The Morgan fingerprint density at radius 2 is 1.42 bits per heavy atom. The van der Waals surface area contributed by atoms with E-state index in [1.807, 2.05) is 60.7 Å². The van der Waals surface area contributed by atoms with Crippen molar-refractivity contribution in [3.8, 4) is 11.3 Å². The first-order chi connectivity index (χ1) is 18.5. The van der Waals surface area contributed by atoms with Gasteiger partial charge in [0.1, 0.15) is 11.5 Å². The molecule has 0 aliphatic heterocycles. The molecule has 3 aromatic carbocycles. The highest BCUT2D eigenvalue weighted by atomic mass is 16.6. The summed E-state index contributed by atoms with van der Waals surface area (Å²) in [6.07, 6.45) is 1.49. The number of furan rings is 1. The normalized spacial score (nSPS) is 10.9. The van der Waals surface area contributed by atoms with Gasteiger partial charge in [-0.15, -0.1) is 0 Å². The molecule has 0 aliphatic carbocycles. The molecule has 2 aromatic heterocycles. The first kappa shape index (κ1) is 24.1. The third-order valence-electron chi connectivity index (χ3n) is 5.36. The summed E-state index contributed by atoms with van der Waals surface area (Å²) in [4.78, 5) is 23.9. The van der Waals surface area contributed by atoms with Gasteiger partial charge in [0.05, 0.1) is 11.1 Å². The first-order valence-corrected chi connectivity index (χ1v) is 11.6. The molecular formula is C27H22N8O3. The minimum atomic E-state index is -0.409. The van der Waals surface area contributed by atoms with Crippen molar-refractivity contribution in [2.24, 2.45) is 5.10 Å². The predicted octanol–water partition coefficient (Wildman–Crippen LogP) is 6.28. The van der Waals surface area contributed by atoms with Crippen molar-refractivity contribution in [1.29, 1.82) is 0 Å². The molecule has 0 saturated heterocycles. The molecule has 188 valence electrons. The Bertz CT molecular complexity index is 1530. The summed E-state index contributed by atoms with van der Waals surface area (Å²) >= 11 is 0. The lowest BCUT2D eigenvalue weighted by molar-refractivity contribution is -0.385. The molecule has 0 aliphatic rings. The Kier molecular flexibility index (Phi) is 6.98. The smallest absolute Gasteiger partial charge is 0.272 e. The SMILES string of the molecule is Cc1cc(-c2ccc(/C=N\Nc3nc(Nc4ccccc4)nc(Nc4ccccc4)n3)o2)ccc1[N+](=O)[O-]. The van der Waals surface area contributed by atoms with Gasteiger partial charge in [0.2, 0.25) is 17.8 Å². The molecule has 0 unspecified atom stereocenters. The van der Waals surface area contributed by atoms with Gasteiger partial charge >= 0.3 is 0 Å². The number of nitrogens with one attached hydrogen (secondary N) is 3. The molecule has 0 bridgehead atoms. The fraction of sp³-hybridized carbons (Fsp3) is 0.0370. The highest BCUT2D eigenvalue weighted by Gasteiger charge is 2.13. The van der Waals surface area contributed by atoms with Gasteiger partial charge in [0.25, 0.3) is 5.69 Å². The molecule has 0 saturated carbocycles. The second-order valence-electron chi connectivity index (χ2n) is 8.12. The van der Waals surface area contributed by atoms with Crippen LogP contribution in [0.1, 0.15) is 11.3 Å². The van der Waals surface area contributed by atoms with Crippen LogP contribution in [0.25, 0.3) is 11.3 Å². The molecule has 38 heavy (non-hydrogen) atoms. The second-order valence-corrected chi connectivity index (χ2v) is 8.12. The monoisotopic (exact) mass is 506 g/mol. The summed E-state index contributed by atoms with van der Waals surface area (Å²) in [5.41, 5.74) is 5.80. The molecule has 3 N–H and O–H groups in total. The highest BCUT2D eigenvalue weighted by Crippen LogP contribution is 2.27. The van der Waals surface area contributed by atoms with E-state index in [4.69, 9.17) is 4.42 Å². The Morgan fingerprint density at radius 3 is 2.00 bits per heavy atom. The van der Waals surface area contributed by atoms with Crippen LogP contribution in [0.5, 0.6) is 0 Å². The number of rotatable bonds is 9. The van der Waals surface area contributed by atoms with Crippen molar-refractivity contribution < 1.29 is 9.34 Å². The lowest BCUT2D eigenvalue weighted by atomic mass is 10.1. The fourth-order valence-corrected chi connectivity index (χ4v) is 3.58. The van der Waals surface area contributed by atoms with Gasteiger partial charge in [0.15, 0.2) is 0 Å². The molecule has 11 heteroatoms. The number of para-hydroxylation sites is 2. The Morgan fingerprint density at radius 1 is 0.816 bits per heavy atom. The third kappa shape index (κ3) is 5.97. The largest absolute Gasteiger partial charge is 0.455 e. The van der Waals surface area contributed by atoms with Crippen LogP contribution in [0.2, 0.25) is 0 Å². The molecule has 0 spiro atoms. The Balaban J connectivity index is 1.33. The predicted molar refractivity (Wildman–Crippen MR) is 146 cm³/mol. The van der Waals surface area contributed by atoms with E-state index in [2.05, 4.69) is 36.1 Å². The fourth-order valence-electron chi connectivity index (χ4n) is 3.58. The zero-order chi connectivity index (χ0) is 26.3. The summed E-state index contributed by atoms with van der Waals surface area (Å²) < 4.78 is 5.83. The van der Waals surface area contributed by atoms with E-state index in [9.17, 15) is 10.1 Å². The maximum absolute atomic E-state index is 11.1. The standard InChI is InChI=1S/C27H22N8O3/c1-18-16-19(12-14-23(18)35(36)37)24-15-13-22(38-24)17-28-34-27-32-25(29-20-8-4-2-5-9-20)31-26(33-27)30-21-10-6-3-7-11-21/h2-17H,1H3,(H3,29,30,31,32,33,34)/b28-17-. The number of anilines is 5. The van der Waals surface area contributed by atoms with Crippen molar-refractivity contribution in [3.63, 3.8) is 0 Å². The van der Waals surface area contributed by atoms with E-state index in [-0.39, 0.29) is 11.6 Å². The average molecular weight is 507 g/mol. The zero-order valence-corrected chi connectivity index (χ0v) is 20.2. The molecule has 5 aromatic rings. The molecule has 0 radical (unpaired) electrons. The zero-order valence-electron chi connectivity index (χ0n) is 20.2. The summed E-state index contributed by atoms with van der Waals surface area (Å²) in [5.74, 6) is 1.91. The van der Waals surface area contributed by atoms with Crippen LogP contribution in [0, 0.1) is 17.0 Å². The summed E-state index contributed by atoms with van der Waals surface area (Å²) in [6.45, 7) is 1.69. The number of aryl methyl sites for hydroxylation is 1. The first-order valence-electron chi connectivity index (χ1n) is 11.6. The summed E-state index contributed by atoms with van der Waals surface area (Å²) in [5, 5.41) is 21.6. The quantitative estimate of drug-likeness (QED) is 0.119. The van der Waals surface area contributed by atoms with Crippen LogP contribution in [0.3, 0.4) is 0 Å². The topological polar surface area (TPSA) is 143 Å². The number of aromatic nitrogens is 3.